The van der Waals surface area contributed by atoms with Crippen molar-refractivity contribution >= 4 is 16.7 Å². The molecule has 2 aromatic heterocycles. The lowest BCUT2D eigenvalue weighted by atomic mass is 10.2. The van der Waals surface area contributed by atoms with Gasteiger partial charge < -0.3 is 14.4 Å². The average Bonchev–Trinajstić information content (AvgIpc) is 3.05. The van der Waals surface area contributed by atoms with E-state index in [-0.39, 0.29) is 0 Å². The highest BCUT2D eigenvalue weighted by molar-refractivity contribution is 7.09. The summed E-state index contributed by atoms with van der Waals surface area (Å²) in [7, 11) is 3.29. The molecule has 0 amide bonds. The van der Waals surface area contributed by atoms with Gasteiger partial charge >= 0.3 is 0 Å². The zero-order chi connectivity index (χ0) is 16.1. The summed E-state index contributed by atoms with van der Waals surface area (Å²) in [5, 5.41) is 0.989. The summed E-state index contributed by atoms with van der Waals surface area (Å²) in [6.07, 6.45) is 1.88. The number of pyridine rings is 1. The van der Waals surface area contributed by atoms with Crippen molar-refractivity contribution < 1.29 is 9.47 Å². The van der Waals surface area contributed by atoms with Crippen LogP contribution in [0.25, 0.3) is 0 Å². The van der Waals surface area contributed by atoms with Gasteiger partial charge in [-0.15, -0.1) is 0 Å². The Kier molecular flexibility index (Phi) is 5.37. The molecule has 8 heteroatoms. The minimum Gasteiger partial charge on any atom is -0.481 e. The molecule has 0 saturated carbocycles. The Morgan fingerprint density at radius 2 is 2.00 bits per heavy atom. The summed E-state index contributed by atoms with van der Waals surface area (Å²) in [5.41, 5.74) is 1.21. The summed E-state index contributed by atoms with van der Waals surface area (Å²) < 4.78 is 14.5. The first-order valence-electron chi connectivity index (χ1n) is 7.56. The number of hydrogen-bond acceptors (Lipinski definition) is 8. The fraction of sp³-hybridized carbons (Fsp3) is 0.533. The van der Waals surface area contributed by atoms with Crippen LogP contribution in [0.5, 0.6) is 5.88 Å². The van der Waals surface area contributed by atoms with Crippen molar-refractivity contribution in [2.75, 3.05) is 45.3 Å². The molecule has 23 heavy (non-hydrogen) atoms. The highest BCUT2D eigenvalue weighted by atomic mass is 32.1. The van der Waals surface area contributed by atoms with E-state index in [0.717, 1.165) is 43.7 Å². The van der Waals surface area contributed by atoms with E-state index in [4.69, 9.17) is 9.47 Å². The topological polar surface area (TPSA) is 63.6 Å². The quantitative estimate of drug-likeness (QED) is 0.791. The number of piperazine rings is 1. The van der Waals surface area contributed by atoms with Gasteiger partial charge in [-0.3, -0.25) is 4.90 Å². The monoisotopic (exact) mass is 335 g/mol. The van der Waals surface area contributed by atoms with Gasteiger partial charge in [0, 0.05) is 63.6 Å². The Hall–Kier alpha value is -1.77. The molecule has 0 aromatic carbocycles. The van der Waals surface area contributed by atoms with Crippen LogP contribution in [0, 0.1) is 0 Å². The molecule has 1 aliphatic rings. The third-order valence-electron chi connectivity index (χ3n) is 3.79. The molecule has 0 radical (unpaired) electrons. The normalized spacial score (nSPS) is 15.8. The molecule has 1 aliphatic heterocycles. The molecule has 0 spiro atoms. The van der Waals surface area contributed by atoms with E-state index >= 15 is 0 Å². The van der Waals surface area contributed by atoms with E-state index in [1.54, 1.807) is 14.2 Å². The predicted octanol–water partition coefficient (Wildman–Crippen LogP) is 1.41. The fourth-order valence-corrected chi connectivity index (χ4v) is 3.27. The van der Waals surface area contributed by atoms with Gasteiger partial charge in [0.05, 0.1) is 7.11 Å². The molecule has 1 saturated heterocycles. The Balaban J connectivity index is 1.51. The Bertz CT molecular complexity index is 611. The minimum absolute atomic E-state index is 0.473. The molecule has 0 bridgehead atoms. The largest absolute Gasteiger partial charge is 0.481 e. The molecular weight excluding hydrogens is 314 g/mol. The summed E-state index contributed by atoms with van der Waals surface area (Å²) in [6, 6.07) is 3.98. The molecule has 7 nitrogen and oxygen atoms in total. The third kappa shape index (κ3) is 4.15. The van der Waals surface area contributed by atoms with Crippen LogP contribution in [0.15, 0.2) is 18.3 Å². The van der Waals surface area contributed by atoms with Crippen molar-refractivity contribution in [1.82, 2.24) is 19.2 Å². The molecule has 124 valence electrons. The van der Waals surface area contributed by atoms with Crippen molar-refractivity contribution in [3.63, 3.8) is 0 Å². The first-order valence-corrected chi connectivity index (χ1v) is 8.33. The second kappa shape index (κ2) is 7.67. The zero-order valence-corrected chi connectivity index (χ0v) is 14.3. The lowest BCUT2D eigenvalue weighted by Crippen LogP contribution is -2.45. The number of rotatable bonds is 6. The summed E-state index contributed by atoms with van der Waals surface area (Å²) in [5.74, 6) is 1.42. The predicted molar refractivity (Wildman–Crippen MR) is 88.9 cm³/mol. The van der Waals surface area contributed by atoms with Gasteiger partial charge in [-0.05, 0) is 5.56 Å². The van der Waals surface area contributed by atoms with E-state index in [0.29, 0.717) is 12.5 Å². The number of ether oxygens (including phenoxy) is 2. The van der Waals surface area contributed by atoms with Gasteiger partial charge in [0.25, 0.3) is 0 Å². The van der Waals surface area contributed by atoms with Crippen LogP contribution in [0.4, 0.5) is 5.13 Å². The van der Waals surface area contributed by atoms with Gasteiger partial charge in [-0.25, -0.2) is 9.97 Å². The molecule has 1 fully saturated rings. The van der Waals surface area contributed by atoms with E-state index in [1.165, 1.54) is 17.1 Å². The van der Waals surface area contributed by atoms with E-state index in [2.05, 4.69) is 30.2 Å². The van der Waals surface area contributed by atoms with Crippen LogP contribution in [0.3, 0.4) is 0 Å². The number of hydrogen-bond donors (Lipinski definition) is 0. The van der Waals surface area contributed by atoms with Gasteiger partial charge in [-0.1, -0.05) is 6.07 Å². The molecular formula is C15H21N5O2S. The fourth-order valence-electron chi connectivity index (χ4n) is 2.54. The van der Waals surface area contributed by atoms with Crippen molar-refractivity contribution in [1.29, 1.82) is 0 Å². The summed E-state index contributed by atoms with van der Waals surface area (Å²) in [4.78, 5) is 13.5. The molecule has 0 atom stereocenters. The number of methoxy groups -OCH3 is 2. The van der Waals surface area contributed by atoms with Crippen molar-refractivity contribution in [3.05, 3.63) is 29.7 Å². The van der Waals surface area contributed by atoms with Gasteiger partial charge in [0.2, 0.25) is 11.0 Å². The average molecular weight is 335 g/mol. The molecule has 3 heterocycles. The van der Waals surface area contributed by atoms with Crippen molar-refractivity contribution in [2.24, 2.45) is 0 Å². The molecule has 0 aliphatic carbocycles. The highest BCUT2D eigenvalue weighted by Gasteiger charge is 2.20. The second-order valence-electron chi connectivity index (χ2n) is 5.40. The zero-order valence-electron chi connectivity index (χ0n) is 13.4. The molecule has 2 aromatic rings. The molecule has 3 rings (SSSR count). The Morgan fingerprint density at radius 1 is 1.17 bits per heavy atom. The first kappa shape index (κ1) is 16.1. The number of anilines is 1. The maximum absolute atomic E-state index is 5.09. The summed E-state index contributed by atoms with van der Waals surface area (Å²) >= 11 is 1.45. The van der Waals surface area contributed by atoms with Gasteiger partial charge in [0.15, 0.2) is 5.82 Å². The van der Waals surface area contributed by atoms with Crippen LogP contribution >= 0.6 is 11.5 Å². The lowest BCUT2D eigenvalue weighted by molar-refractivity contribution is 0.179. The minimum atomic E-state index is 0.473. The number of aromatic nitrogens is 3. The first-order chi connectivity index (χ1) is 11.3. The van der Waals surface area contributed by atoms with Gasteiger partial charge in [0.1, 0.15) is 6.61 Å². The van der Waals surface area contributed by atoms with Crippen molar-refractivity contribution in [2.45, 2.75) is 13.2 Å². The lowest BCUT2D eigenvalue weighted by Gasteiger charge is -2.34. The Labute approximate surface area is 140 Å². The smallest absolute Gasteiger partial charge is 0.212 e. The van der Waals surface area contributed by atoms with Crippen LogP contribution in [-0.2, 0) is 17.9 Å². The van der Waals surface area contributed by atoms with Crippen LogP contribution in [0.1, 0.15) is 11.4 Å². The SMILES string of the molecule is COCc1nsc(N2CCN(Cc3ccc(OC)nc3)CC2)n1. The van der Waals surface area contributed by atoms with Crippen LogP contribution < -0.4 is 9.64 Å². The maximum Gasteiger partial charge on any atom is 0.212 e. The van der Waals surface area contributed by atoms with Gasteiger partial charge in [-0.2, -0.15) is 4.37 Å². The second-order valence-corrected chi connectivity index (χ2v) is 6.13. The summed E-state index contributed by atoms with van der Waals surface area (Å²) in [6.45, 7) is 5.32. The molecule has 0 unspecified atom stereocenters. The van der Waals surface area contributed by atoms with E-state index in [1.807, 2.05) is 12.3 Å². The maximum atomic E-state index is 5.09. The number of nitrogens with zero attached hydrogens (tertiary/aromatic N) is 5. The standard InChI is InChI=1S/C15H21N5O2S/c1-21-11-13-17-15(23-18-13)20-7-5-19(6-8-20)10-12-3-4-14(22-2)16-9-12/h3-4,9H,5-8,10-11H2,1-2H3. The molecule has 0 N–H and O–H groups in total. The van der Waals surface area contributed by atoms with E-state index in [9.17, 15) is 0 Å². The Morgan fingerprint density at radius 3 is 2.65 bits per heavy atom. The third-order valence-corrected chi connectivity index (χ3v) is 4.60. The van der Waals surface area contributed by atoms with Crippen molar-refractivity contribution in [3.8, 4) is 5.88 Å². The van der Waals surface area contributed by atoms with E-state index < -0.39 is 0 Å². The highest BCUT2D eigenvalue weighted by Crippen LogP contribution is 2.20. The van der Waals surface area contributed by atoms with Crippen LogP contribution in [-0.4, -0.2) is 59.6 Å². The van der Waals surface area contributed by atoms with Crippen LogP contribution in [0.2, 0.25) is 0 Å².